The Hall–Kier alpha value is 0.670. The Morgan fingerprint density at radius 3 is 1.00 bits per heavy atom. The van der Waals surface area contributed by atoms with Crippen molar-refractivity contribution in [2.24, 2.45) is 0 Å². The van der Waals surface area contributed by atoms with Gasteiger partial charge in [-0.15, -0.1) is 12.4 Å². The van der Waals surface area contributed by atoms with Gasteiger partial charge in [0, 0.05) is 0 Å². The third kappa shape index (κ3) is 74.2. The summed E-state index contributed by atoms with van der Waals surface area (Å²) in [5.41, 5.74) is 0. The van der Waals surface area contributed by atoms with Gasteiger partial charge in [-0.2, -0.15) is 0 Å². The van der Waals surface area contributed by atoms with Crippen LogP contribution in [0.1, 0.15) is 0 Å². The highest BCUT2D eigenvalue weighted by Crippen LogP contribution is 1.26. The molecule has 0 aromatic heterocycles. The second-order valence-corrected chi connectivity index (χ2v) is 0. The summed E-state index contributed by atoms with van der Waals surface area (Å²) in [7, 11) is 2.56. The summed E-state index contributed by atoms with van der Waals surface area (Å²) in [6, 6.07) is 0. The second kappa shape index (κ2) is 140. The van der Waals surface area contributed by atoms with Gasteiger partial charge in [0.1, 0.15) is 0 Å². The zero-order chi connectivity index (χ0) is 2.00. The van der Waals surface area contributed by atoms with Crippen LogP contribution in [0.3, 0.4) is 0 Å². The van der Waals surface area contributed by atoms with E-state index in [4.69, 9.17) is 0 Å². The molecule has 0 fully saturated rings. The molecular formula is H2ClF2PS-2. The lowest BCUT2D eigenvalue weighted by molar-refractivity contribution is -0.00100. The molecule has 0 heterocycles. The van der Waals surface area contributed by atoms with Crippen LogP contribution in [0.25, 0.3) is 0 Å². The van der Waals surface area contributed by atoms with Crippen molar-refractivity contribution in [1.29, 1.82) is 0 Å². The fourth-order valence-corrected chi connectivity index (χ4v) is 0. The van der Waals surface area contributed by atoms with Gasteiger partial charge >= 0.3 is 0 Å². The molecular weight excluding hydrogens is 136 g/mol. The van der Waals surface area contributed by atoms with Gasteiger partial charge in [-0.25, -0.2) is 0 Å². The standard InChI is InChI=1S/ClH.2FH.HPS/c;;;1-2/h3*1H;1H/p-2. The molecule has 0 saturated carbocycles. The molecule has 0 bridgehead atoms. The van der Waals surface area contributed by atoms with E-state index in [9.17, 15) is 0 Å². The summed E-state index contributed by atoms with van der Waals surface area (Å²) < 4.78 is 0. The minimum absolute atomic E-state index is 0. The van der Waals surface area contributed by atoms with Crippen molar-refractivity contribution in [2.45, 2.75) is 0 Å². The quantitative estimate of drug-likeness (QED) is 0.302. The molecule has 5 heteroatoms. The molecule has 0 nitrogen and oxygen atoms in total. The minimum atomic E-state index is 0. The summed E-state index contributed by atoms with van der Waals surface area (Å²) in [6.07, 6.45) is 0. The molecule has 0 N–H and O–H groups in total. The molecule has 0 amide bonds. The van der Waals surface area contributed by atoms with Gasteiger partial charge in [0.15, 0.2) is 0 Å². The van der Waals surface area contributed by atoms with E-state index in [0.717, 1.165) is 0 Å². The smallest absolute Gasteiger partial charge is 0.0437 e. The first-order chi connectivity index (χ1) is 1.00. The summed E-state index contributed by atoms with van der Waals surface area (Å²) in [5.74, 6) is 0. The van der Waals surface area contributed by atoms with E-state index in [2.05, 4.69) is 19.8 Å². The van der Waals surface area contributed by atoms with Gasteiger partial charge in [-0.1, -0.05) is 11.8 Å². The minimum Gasteiger partial charge on any atom is -1.00 e. The molecule has 0 aromatic carbocycles. The Morgan fingerprint density at radius 2 is 1.00 bits per heavy atom. The lowest BCUT2D eigenvalue weighted by Gasteiger charge is -1.00. The van der Waals surface area contributed by atoms with E-state index in [1.807, 2.05) is 0 Å². The van der Waals surface area contributed by atoms with E-state index < -0.39 is 0 Å². The first-order valence-corrected chi connectivity index (χ1v) is 1.84. The van der Waals surface area contributed by atoms with Crippen LogP contribution in [0.2, 0.25) is 0 Å². The Balaban J connectivity index is -0.00000000167. The molecule has 0 aliphatic heterocycles. The molecule has 0 aliphatic rings. The Kier molecular flexibility index (Phi) is 1240. The molecule has 0 atom stereocenters. The second-order valence-electron chi connectivity index (χ2n) is 0. The zero-order valence-electron chi connectivity index (χ0n) is 2.07. The van der Waals surface area contributed by atoms with E-state index in [1.54, 1.807) is 0 Å². The maximum Gasteiger partial charge on any atom is -0.0437 e. The number of hydrogen-bond acceptors (Lipinski definition) is 1. The van der Waals surface area contributed by atoms with Crippen LogP contribution in [0, 0.1) is 0 Å². The summed E-state index contributed by atoms with van der Waals surface area (Å²) in [6.45, 7) is 0. The molecule has 0 radical (unpaired) electrons. The predicted octanol–water partition coefficient (Wildman–Crippen LogP) is -4.98. The molecule has 36 valence electrons. The fourth-order valence-electron chi connectivity index (χ4n) is 0. The van der Waals surface area contributed by atoms with Crippen molar-refractivity contribution >= 4 is 32.2 Å². The normalized spacial score (nSPS) is 0.800. The molecule has 0 aromatic rings. The maximum absolute atomic E-state index is 3.89. The molecule has 0 rings (SSSR count). The van der Waals surface area contributed by atoms with E-state index >= 15 is 0 Å². The average Bonchev–Trinajstić information content (AvgIpc) is 1.00. The topological polar surface area (TPSA) is 0 Å². The Morgan fingerprint density at radius 1 is 1.00 bits per heavy atom. The van der Waals surface area contributed by atoms with Gasteiger partial charge in [0.2, 0.25) is 0 Å². The molecule has 0 saturated heterocycles. The van der Waals surface area contributed by atoms with E-state index in [-0.39, 0.29) is 21.8 Å². The van der Waals surface area contributed by atoms with Crippen LogP contribution in [-0.2, 0) is 11.8 Å². The molecule has 0 aliphatic carbocycles. The predicted molar refractivity (Wildman–Crippen MR) is 22.9 cm³/mol. The highest BCUT2D eigenvalue weighted by Gasteiger charge is 0.655. The van der Waals surface area contributed by atoms with Crippen LogP contribution in [0.15, 0.2) is 0 Å². The fraction of sp³-hybridized carbons (Fsp3) is 0. The number of hydrogen-bond donors (Lipinski definition) is 0. The third-order valence-electron chi connectivity index (χ3n) is 0. The molecule has 0 spiro atoms. The van der Waals surface area contributed by atoms with Crippen LogP contribution in [0.4, 0.5) is 0 Å². The maximum atomic E-state index is 3.89. The summed E-state index contributed by atoms with van der Waals surface area (Å²) in [5, 5.41) is 0. The van der Waals surface area contributed by atoms with Crippen molar-refractivity contribution in [3.8, 4) is 0 Å². The first-order valence-electron chi connectivity index (χ1n) is 0.204. The van der Waals surface area contributed by atoms with Crippen LogP contribution >= 0.6 is 20.4 Å². The Bertz CT molecular complexity index is 9.61. The van der Waals surface area contributed by atoms with Gasteiger partial charge in [-0.3, -0.25) is 0 Å². The lowest BCUT2D eigenvalue weighted by Crippen LogP contribution is -3.00. The zero-order valence-corrected chi connectivity index (χ0v) is 4.71. The number of rotatable bonds is 0. The molecule has 0 unspecified atom stereocenters. The van der Waals surface area contributed by atoms with Crippen molar-refractivity contribution in [2.75, 3.05) is 0 Å². The van der Waals surface area contributed by atoms with E-state index in [1.165, 1.54) is 0 Å². The number of halogens is 3. The van der Waals surface area contributed by atoms with Gasteiger partial charge in [-0.05, 0) is 8.02 Å². The highest BCUT2D eigenvalue weighted by molar-refractivity contribution is 7.88. The van der Waals surface area contributed by atoms with Crippen LogP contribution in [-0.4, -0.2) is 0 Å². The van der Waals surface area contributed by atoms with Gasteiger partial charge in [0.05, 0.1) is 0 Å². The first kappa shape index (κ1) is 44.3. The van der Waals surface area contributed by atoms with E-state index in [0.29, 0.717) is 0 Å². The van der Waals surface area contributed by atoms with Crippen molar-refractivity contribution in [3.05, 3.63) is 0 Å². The van der Waals surface area contributed by atoms with Crippen LogP contribution in [0.5, 0.6) is 0 Å². The SMILES string of the molecule is Cl.P=S.[F-].[F-]. The lowest BCUT2D eigenvalue weighted by atomic mass is 19.0. The van der Waals surface area contributed by atoms with Crippen molar-refractivity contribution in [1.82, 2.24) is 0 Å². The largest absolute Gasteiger partial charge is 1.00 e. The summed E-state index contributed by atoms with van der Waals surface area (Å²) >= 11 is 3.89. The van der Waals surface area contributed by atoms with Crippen molar-refractivity contribution in [3.63, 3.8) is 0 Å². The highest BCUT2D eigenvalue weighted by atomic mass is 35.5. The third-order valence-corrected chi connectivity index (χ3v) is 0. The summed E-state index contributed by atoms with van der Waals surface area (Å²) in [4.78, 5) is 0. The van der Waals surface area contributed by atoms with Crippen LogP contribution < -0.4 is 9.41 Å². The van der Waals surface area contributed by atoms with Crippen molar-refractivity contribution < 1.29 is 9.41 Å². The monoisotopic (exact) mass is 138 g/mol. The van der Waals surface area contributed by atoms with Gasteiger partial charge in [0.25, 0.3) is 0 Å². The van der Waals surface area contributed by atoms with Gasteiger partial charge < -0.3 is 9.41 Å². The molecule has 5 heavy (non-hydrogen) atoms. The average molecular weight is 139 g/mol. The Labute approximate surface area is 42.3 Å².